The molecule has 1 aromatic carbocycles. The summed E-state index contributed by atoms with van der Waals surface area (Å²) in [6.07, 6.45) is 7.89. The molecule has 0 aliphatic carbocycles. The molecule has 0 radical (unpaired) electrons. The molecule has 0 bridgehead atoms. The second-order valence-corrected chi connectivity index (χ2v) is 10.6. The van der Waals surface area contributed by atoms with E-state index in [1.54, 1.807) is 25.6 Å². The van der Waals surface area contributed by atoms with Crippen molar-refractivity contribution in [1.29, 1.82) is 0 Å². The monoisotopic (exact) mass is 553 g/mol. The van der Waals surface area contributed by atoms with E-state index in [1.165, 1.54) is 6.07 Å². The van der Waals surface area contributed by atoms with Crippen LogP contribution in [0.5, 0.6) is 5.75 Å². The second kappa shape index (κ2) is 13.2. The number of aryl methyl sites for hydroxylation is 2. The van der Waals surface area contributed by atoms with Gasteiger partial charge in [0.05, 0.1) is 18.4 Å². The lowest BCUT2D eigenvalue weighted by molar-refractivity contribution is 0.0944. The molecule has 1 saturated heterocycles. The number of carbonyl (C=O) groups is 1. The summed E-state index contributed by atoms with van der Waals surface area (Å²) >= 11 is 6.14. The first kappa shape index (κ1) is 28.8. The number of pyridine rings is 2. The standard InChI is InChI=1S/C30H37ClFN5O2/c1-20-7-12-33-18-23(20)19-37(27-6-5-25(39-4)17-26(27)32)24-10-15-36(16-11-24)22(3)9-14-35-30(38)28-21(2)8-13-34-29(28)31/h5-8,12-13,17-18,22,24H,9-11,14-16,19H2,1-4H3,(H,35,38)/t22-/m1/s1. The number of nitrogens with zero attached hydrogens (tertiary/aromatic N) is 4. The largest absolute Gasteiger partial charge is 0.497 e. The number of benzene rings is 1. The van der Waals surface area contributed by atoms with Gasteiger partial charge in [0.2, 0.25) is 0 Å². The van der Waals surface area contributed by atoms with Gasteiger partial charge in [0.1, 0.15) is 16.7 Å². The minimum Gasteiger partial charge on any atom is -0.497 e. The first-order valence-electron chi connectivity index (χ1n) is 13.4. The predicted octanol–water partition coefficient (Wildman–Crippen LogP) is 5.57. The summed E-state index contributed by atoms with van der Waals surface area (Å²) in [5, 5.41) is 3.22. The van der Waals surface area contributed by atoms with Crippen molar-refractivity contribution in [2.45, 2.75) is 58.7 Å². The van der Waals surface area contributed by atoms with Crippen LogP contribution < -0.4 is 15.0 Å². The van der Waals surface area contributed by atoms with Gasteiger partial charge in [0.15, 0.2) is 0 Å². The summed E-state index contributed by atoms with van der Waals surface area (Å²) in [7, 11) is 1.54. The predicted molar refractivity (Wildman–Crippen MR) is 153 cm³/mol. The summed E-state index contributed by atoms with van der Waals surface area (Å²) < 4.78 is 20.5. The maximum atomic E-state index is 15.2. The molecule has 3 heterocycles. The number of halogens is 2. The third kappa shape index (κ3) is 7.05. The third-order valence-corrected chi connectivity index (χ3v) is 7.99. The topological polar surface area (TPSA) is 70.6 Å². The van der Waals surface area contributed by atoms with Crippen LogP contribution in [0.1, 0.15) is 53.2 Å². The van der Waals surface area contributed by atoms with Crippen LogP contribution in [-0.4, -0.2) is 59.6 Å². The van der Waals surface area contributed by atoms with Crippen molar-refractivity contribution in [3.63, 3.8) is 0 Å². The lowest BCUT2D eigenvalue weighted by Gasteiger charge is -2.42. The van der Waals surface area contributed by atoms with E-state index in [-0.39, 0.29) is 22.9 Å². The number of amides is 1. The van der Waals surface area contributed by atoms with Crippen LogP contribution in [0.25, 0.3) is 0 Å². The molecule has 1 aliphatic rings. The number of likely N-dealkylation sites (tertiary alicyclic amines) is 1. The fraction of sp³-hybridized carbons (Fsp3) is 0.433. The summed E-state index contributed by atoms with van der Waals surface area (Å²) in [5.41, 5.74) is 4.05. The molecule has 1 fully saturated rings. The number of anilines is 1. The number of methoxy groups -OCH3 is 1. The molecule has 208 valence electrons. The van der Waals surface area contributed by atoms with Crippen LogP contribution in [0.3, 0.4) is 0 Å². The second-order valence-electron chi connectivity index (χ2n) is 10.2. The van der Waals surface area contributed by atoms with E-state index in [0.717, 1.165) is 49.0 Å². The van der Waals surface area contributed by atoms with E-state index in [4.69, 9.17) is 16.3 Å². The molecule has 0 spiro atoms. The van der Waals surface area contributed by atoms with Gasteiger partial charge in [-0.3, -0.25) is 9.78 Å². The Morgan fingerprint density at radius 3 is 2.62 bits per heavy atom. The van der Waals surface area contributed by atoms with Crippen molar-refractivity contribution in [2.24, 2.45) is 0 Å². The highest BCUT2D eigenvalue weighted by molar-refractivity contribution is 6.32. The van der Waals surface area contributed by atoms with Crippen LogP contribution in [0, 0.1) is 19.7 Å². The highest BCUT2D eigenvalue weighted by Crippen LogP contribution is 2.31. The van der Waals surface area contributed by atoms with Crippen LogP contribution in [-0.2, 0) is 6.54 Å². The zero-order valence-corrected chi connectivity index (χ0v) is 23.8. The molecule has 7 nitrogen and oxygen atoms in total. The first-order valence-corrected chi connectivity index (χ1v) is 13.8. The number of carbonyl (C=O) groups excluding carboxylic acids is 1. The summed E-state index contributed by atoms with van der Waals surface area (Å²) in [4.78, 5) is 25.6. The minimum atomic E-state index is -0.286. The average Bonchev–Trinajstić information content (AvgIpc) is 2.93. The Labute approximate surface area is 235 Å². The summed E-state index contributed by atoms with van der Waals surface area (Å²) in [6.45, 7) is 9.04. The fourth-order valence-corrected chi connectivity index (χ4v) is 5.50. The highest BCUT2D eigenvalue weighted by Gasteiger charge is 2.29. The molecule has 9 heteroatoms. The number of rotatable bonds is 10. The number of aromatic nitrogens is 2. The minimum absolute atomic E-state index is 0.186. The number of hydrogen-bond acceptors (Lipinski definition) is 6. The lowest BCUT2D eigenvalue weighted by Crippen LogP contribution is -2.48. The first-order chi connectivity index (χ1) is 18.8. The van der Waals surface area contributed by atoms with E-state index < -0.39 is 0 Å². The van der Waals surface area contributed by atoms with Gasteiger partial charge >= 0.3 is 0 Å². The van der Waals surface area contributed by atoms with Gasteiger partial charge in [-0.05, 0) is 81.0 Å². The molecular formula is C30H37ClFN5O2. The van der Waals surface area contributed by atoms with Gasteiger partial charge in [0.25, 0.3) is 5.91 Å². The molecule has 1 aliphatic heterocycles. The Bertz CT molecular complexity index is 1260. The van der Waals surface area contributed by atoms with Crippen molar-refractivity contribution in [1.82, 2.24) is 20.2 Å². The van der Waals surface area contributed by atoms with Gasteiger partial charge in [-0.15, -0.1) is 0 Å². The lowest BCUT2D eigenvalue weighted by atomic mass is 9.98. The highest BCUT2D eigenvalue weighted by atomic mass is 35.5. The summed E-state index contributed by atoms with van der Waals surface area (Å²) in [5.74, 6) is 0.0243. The fourth-order valence-electron chi connectivity index (χ4n) is 5.21. The molecule has 39 heavy (non-hydrogen) atoms. The molecule has 2 aromatic heterocycles. The van der Waals surface area contributed by atoms with Gasteiger partial charge < -0.3 is 19.9 Å². The van der Waals surface area contributed by atoms with Crippen molar-refractivity contribution in [3.05, 3.63) is 82.1 Å². The molecule has 1 N–H and O–H groups in total. The van der Waals surface area contributed by atoms with Crippen LogP contribution in [0.2, 0.25) is 5.15 Å². The van der Waals surface area contributed by atoms with E-state index in [0.29, 0.717) is 36.1 Å². The normalized spacial score (nSPS) is 15.1. The van der Waals surface area contributed by atoms with E-state index in [1.807, 2.05) is 31.3 Å². The zero-order chi connectivity index (χ0) is 27.9. The number of nitrogens with one attached hydrogen (secondary N) is 1. The van der Waals surface area contributed by atoms with Crippen molar-refractivity contribution in [2.75, 3.05) is 31.6 Å². The smallest absolute Gasteiger partial charge is 0.254 e. The molecule has 3 aromatic rings. The molecule has 1 atom stereocenters. The molecular weight excluding hydrogens is 517 g/mol. The molecule has 1 amide bonds. The maximum Gasteiger partial charge on any atom is 0.254 e. The van der Waals surface area contributed by atoms with Crippen molar-refractivity contribution < 1.29 is 13.9 Å². The van der Waals surface area contributed by atoms with Crippen LogP contribution in [0.15, 0.2) is 48.9 Å². The number of hydrogen-bond donors (Lipinski definition) is 1. The maximum absolute atomic E-state index is 15.2. The Kier molecular flexibility index (Phi) is 9.75. The van der Waals surface area contributed by atoms with Gasteiger partial charge in [-0.25, -0.2) is 9.37 Å². The quantitative estimate of drug-likeness (QED) is 0.331. The Morgan fingerprint density at radius 2 is 1.95 bits per heavy atom. The average molecular weight is 554 g/mol. The van der Waals surface area contributed by atoms with Gasteiger partial charge in [-0.2, -0.15) is 0 Å². The Morgan fingerprint density at radius 1 is 1.21 bits per heavy atom. The van der Waals surface area contributed by atoms with Gasteiger partial charge in [0, 0.05) is 62.9 Å². The number of ether oxygens (including phenoxy) is 1. The SMILES string of the molecule is COc1ccc(N(Cc2cnccc2C)C2CCN([C@H](C)CCNC(=O)c3c(C)ccnc3Cl)CC2)c(F)c1. The van der Waals surface area contributed by atoms with Crippen molar-refractivity contribution in [3.8, 4) is 5.75 Å². The van der Waals surface area contributed by atoms with E-state index in [9.17, 15) is 4.79 Å². The molecule has 0 unspecified atom stereocenters. The van der Waals surface area contributed by atoms with Crippen LogP contribution in [0.4, 0.5) is 10.1 Å². The molecule has 4 rings (SSSR count). The van der Waals surface area contributed by atoms with E-state index >= 15 is 4.39 Å². The summed E-state index contributed by atoms with van der Waals surface area (Å²) in [6, 6.07) is 9.33. The Hall–Kier alpha value is -3.23. The zero-order valence-electron chi connectivity index (χ0n) is 23.1. The van der Waals surface area contributed by atoms with Crippen LogP contribution >= 0.6 is 11.6 Å². The van der Waals surface area contributed by atoms with E-state index in [2.05, 4.69) is 38.9 Å². The third-order valence-electron chi connectivity index (χ3n) is 7.70. The van der Waals surface area contributed by atoms with Crippen molar-refractivity contribution >= 4 is 23.2 Å². The Balaban J connectivity index is 1.37. The molecule has 0 saturated carbocycles. The van der Waals surface area contributed by atoms with Gasteiger partial charge in [-0.1, -0.05) is 11.6 Å². The number of piperidine rings is 1.